The van der Waals surface area contributed by atoms with Crippen LogP contribution in [0.25, 0.3) is 0 Å². The lowest BCUT2D eigenvalue weighted by molar-refractivity contribution is 0.0915. The van der Waals surface area contributed by atoms with Crippen molar-refractivity contribution in [1.29, 1.82) is 0 Å². The zero-order valence-electron chi connectivity index (χ0n) is 12.5. The number of nitrogens with one attached hydrogen (secondary N) is 1. The number of benzene rings is 1. The molecule has 0 saturated heterocycles. The number of hydrogen-bond acceptors (Lipinski definition) is 3. The first-order chi connectivity index (χ1) is 10.4. The van der Waals surface area contributed by atoms with Crippen LogP contribution in [0.3, 0.4) is 0 Å². The van der Waals surface area contributed by atoms with Gasteiger partial charge in [-0.15, -0.1) is 0 Å². The Bertz CT molecular complexity index is 693. The fourth-order valence-electron chi connectivity index (χ4n) is 2.39. The smallest absolute Gasteiger partial charge is 0.255 e. The Hall–Kier alpha value is -1.56. The van der Waals surface area contributed by atoms with Crippen LogP contribution < -0.4 is 5.32 Å². The van der Waals surface area contributed by atoms with Crippen molar-refractivity contribution in [2.75, 3.05) is 6.61 Å². The number of aromatic nitrogens is 2. The molecule has 1 amide bonds. The van der Waals surface area contributed by atoms with Crippen LogP contribution in [0.2, 0.25) is 10.0 Å². The van der Waals surface area contributed by atoms with E-state index in [0.717, 1.165) is 5.69 Å². The first-order valence-corrected chi connectivity index (χ1v) is 7.48. The molecular formula is C15H17Cl2N3O2. The normalized spacial score (nSPS) is 12.3. The van der Waals surface area contributed by atoms with Gasteiger partial charge in [0, 0.05) is 28.4 Å². The van der Waals surface area contributed by atoms with Gasteiger partial charge >= 0.3 is 0 Å². The molecule has 0 aliphatic rings. The Balaban J connectivity index is 2.33. The third-order valence-electron chi connectivity index (χ3n) is 3.57. The molecule has 0 unspecified atom stereocenters. The summed E-state index contributed by atoms with van der Waals surface area (Å²) in [6.07, 6.45) is 0. The molecule has 2 aromatic rings. The van der Waals surface area contributed by atoms with Gasteiger partial charge in [0.15, 0.2) is 0 Å². The third-order valence-corrected chi connectivity index (χ3v) is 4.23. The molecule has 0 bridgehead atoms. The Morgan fingerprint density at radius 2 is 1.95 bits per heavy atom. The van der Waals surface area contributed by atoms with Crippen molar-refractivity contribution in [3.8, 4) is 0 Å². The second-order valence-electron chi connectivity index (χ2n) is 5.01. The van der Waals surface area contributed by atoms with Crippen molar-refractivity contribution in [2.24, 2.45) is 7.05 Å². The van der Waals surface area contributed by atoms with Gasteiger partial charge in [0.25, 0.3) is 5.91 Å². The third kappa shape index (κ3) is 3.11. The predicted molar refractivity (Wildman–Crippen MR) is 86.4 cm³/mol. The molecule has 1 atom stereocenters. The molecule has 1 aromatic carbocycles. The molecule has 7 heteroatoms. The maximum atomic E-state index is 12.5. The van der Waals surface area contributed by atoms with Crippen LogP contribution in [0.5, 0.6) is 0 Å². The fourth-order valence-corrected chi connectivity index (χ4v) is 3.05. The minimum atomic E-state index is -0.687. The summed E-state index contributed by atoms with van der Waals surface area (Å²) in [5.74, 6) is -0.321. The number of amides is 1. The van der Waals surface area contributed by atoms with Gasteiger partial charge in [-0.3, -0.25) is 9.48 Å². The van der Waals surface area contributed by atoms with E-state index in [-0.39, 0.29) is 12.5 Å². The molecule has 0 spiro atoms. The zero-order valence-corrected chi connectivity index (χ0v) is 14.0. The van der Waals surface area contributed by atoms with Gasteiger partial charge in [0.1, 0.15) is 0 Å². The Morgan fingerprint density at radius 3 is 2.41 bits per heavy atom. The number of carbonyl (C=O) groups is 1. The summed E-state index contributed by atoms with van der Waals surface area (Å²) in [6.45, 7) is 3.26. The van der Waals surface area contributed by atoms with E-state index < -0.39 is 6.04 Å². The number of carbonyl (C=O) groups excluding carboxylic acids is 1. The Morgan fingerprint density at radius 1 is 1.36 bits per heavy atom. The second-order valence-corrected chi connectivity index (χ2v) is 5.83. The fraction of sp³-hybridized carbons (Fsp3) is 0.333. The van der Waals surface area contributed by atoms with Crippen LogP contribution in [0.15, 0.2) is 18.2 Å². The second kappa shape index (κ2) is 6.69. The molecule has 2 rings (SSSR count). The molecular weight excluding hydrogens is 325 g/mol. The van der Waals surface area contributed by atoms with Crippen molar-refractivity contribution in [2.45, 2.75) is 19.9 Å². The average molecular weight is 342 g/mol. The van der Waals surface area contributed by atoms with E-state index >= 15 is 0 Å². The van der Waals surface area contributed by atoms with E-state index in [1.54, 1.807) is 36.9 Å². The van der Waals surface area contributed by atoms with Crippen LogP contribution in [0.1, 0.15) is 33.4 Å². The molecule has 0 aliphatic carbocycles. The molecule has 2 N–H and O–H groups in total. The van der Waals surface area contributed by atoms with Crippen molar-refractivity contribution in [3.05, 3.63) is 50.8 Å². The van der Waals surface area contributed by atoms with Crippen LogP contribution in [0.4, 0.5) is 0 Å². The molecule has 1 aromatic heterocycles. The van der Waals surface area contributed by atoms with E-state index in [2.05, 4.69) is 10.4 Å². The van der Waals surface area contributed by atoms with Gasteiger partial charge < -0.3 is 10.4 Å². The van der Waals surface area contributed by atoms with Crippen molar-refractivity contribution in [1.82, 2.24) is 15.1 Å². The van der Waals surface area contributed by atoms with E-state index in [0.29, 0.717) is 26.9 Å². The number of aliphatic hydroxyl groups is 1. The first kappa shape index (κ1) is 16.8. The summed E-state index contributed by atoms with van der Waals surface area (Å²) < 4.78 is 1.64. The standard InChI is InChI=1S/C15H17Cl2N3O2/c1-8-13(9(2)20(3)19-8)15(22)18-12(7-21)14-10(16)5-4-6-11(14)17/h4-6,12,21H,7H2,1-3H3,(H,18,22)/t12-/m0/s1. The number of aryl methyl sites for hydroxylation is 2. The summed E-state index contributed by atoms with van der Waals surface area (Å²) in [4.78, 5) is 12.5. The lowest BCUT2D eigenvalue weighted by Crippen LogP contribution is -2.32. The van der Waals surface area contributed by atoms with E-state index in [1.807, 2.05) is 6.92 Å². The Labute approximate surface area is 138 Å². The zero-order chi connectivity index (χ0) is 16.4. The van der Waals surface area contributed by atoms with E-state index in [9.17, 15) is 9.90 Å². The van der Waals surface area contributed by atoms with Gasteiger partial charge in [-0.1, -0.05) is 29.3 Å². The summed E-state index contributed by atoms with van der Waals surface area (Å²) >= 11 is 12.3. The molecule has 0 fully saturated rings. The van der Waals surface area contributed by atoms with Gasteiger partial charge in [-0.05, 0) is 26.0 Å². The molecule has 5 nitrogen and oxygen atoms in total. The SMILES string of the molecule is Cc1nn(C)c(C)c1C(=O)N[C@@H](CO)c1c(Cl)cccc1Cl. The lowest BCUT2D eigenvalue weighted by atomic mass is 10.1. The quantitative estimate of drug-likeness (QED) is 0.898. The minimum Gasteiger partial charge on any atom is -0.394 e. The highest BCUT2D eigenvalue weighted by atomic mass is 35.5. The number of rotatable bonds is 4. The maximum absolute atomic E-state index is 12.5. The summed E-state index contributed by atoms with van der Waals surface area (Å²) in [5.41, 5.74) is 2.36. The maximum Gasteiger partial charge on any atom is 0.255 e. The van der Waals surface area contributed by atoms with E-state index in [1.165, 1.54) is 0 Å². The Kier molecular flexibility index (Phi) is 5.11. The number of hydrogen-bond donors (Lipinski definition) is 2. The molecule has 118 valence electrons. The topological polar surface area (TPSA) is 67.2 Å². The van der Waals surface area contributed by atoms with Gasteiger partial charge in [0.05, 0.1) is 23.9 Å². The van der Waals surface area contributed by atoms with Crippen molar-refractivity contribution < 1.29 is 9.90 Å². The monoisotopic (exact) mass is 341 g/mol. The largest absolute Gasteiger partial charge is 0.394 e. The molecule has 0 radical (unpaired) electrons. The van der Waals surface area contributed by atoms with Crippen molar-refractivity contribution >= 4 is 29.1 Å². The summed E-state index contributed by atoms with van der Waals surface area (Å²) in [5, 5.41) is 17.4. The summed E-state index contributed by atoms with van der Waals surface area (Å²) in [6, 6.07) is 4.35. The van der Waals surface area contributed by atoms with Crippen LogP contribution >= 0.6 is 23.2 Å². The van der Waals surface area contributed by atoms with Crippen LogP contribution in [-0.2, 0) is 7.05 Å². The predicted octanol–water partition coefficient (Wildman–Crippen LogP) is 2.81. The highest BCUT2D eigenvalue weighted by Crippen LogP contribution is 2.30. The summed E-state index contributed by atoms with van der Waals surface area (Å²) in [7, 11) is 1.77. The van der Waals surface area contributed by atoms with Crippen molar-refractivity contribution in [3.63, 3.8) is 0 Å². The highest BCUT2D eigenvalue weighted by Gasteiger charge is 2.23. The molecule has 0 saturated carbocycles. The molecule has 1 heterocycles. The van der Waals surface area contributed by atoms with Crippen LogP contribution in [-0.4, -0.2) is 27.4 Å². The number of aliphatic hydroxyl groups excluding tert-OH is 1. The molecule has 0 aliphatic heterocycles. The van der Waals surface area contributed by atoms with E-state index in [4.69, 9.17) is 23.2 Å². The number of halogens is 2. The van der Waals surface area contributed by atoms with Gasteiger partial charge in [-0.2, -0.15) is 5.10 Å². The lowest BCUT2D eigenvalue weighted by Gasteiger charge is -2.19. The molecule has 22 heavy (non-hydrogen) atoms. The highest BCUT2D eigenvalue weighted by molar-refractivity contribution is 6.36. The van der Waals surface area contributed by atoms with Gasteiger partial charge in [-0.25, -0.2) is 0 Å². The first-order valence-electron chi connectivity index (χ1n) is 6.72. The number of nitrogens with zero attached hydrogens (tertiary/aromatic N) is 2. The minimum absolute atomic E-state index is 0.312. The van der Waals surface area contributed by atoms with Crippen LogP contribution in [0, 0.1) is 13.8 Å². The average Bonchev–Trinajstić information content (AvgIpc) is 2.70. The van der Waals surface area contributed by atoms with Gasteiger partial charge in [0.2, 0.25) is 0 Å².